The lowest BCUT2D eigenvalue weighted by Gasteiger charge is -2.23. The maximum absolute atomic E-state index is 11.8. The van der Waals surface area contributed by atoms with Crippen molar-refractivity contribution in [3.8, 4) is 0 Å². The standard InChI is InChI=1S/C16H25N3O/c1-19(15-5-2-3-6-15)12-4-7-16(20)18-14-10-8-13(17)9-11-14/h8-11,15H,2-7,12,17H2,1H3,(H,18,20). The van der Waals surface area contributed by atoms with Crippen molar-refractivity contribution in [2.75, 3.05) is 24.6 Å². The van der Waals surface area contributed by atoms with Crippen molar-refractivity contribution >= 4 is 17.3 Å². The molecule has 0 spiro atoms. The summed E-state index contributed by atoms with van der Waals surface area (Å²) in [5.41, 5.74) is 7.14. The van der Waals surface area contributed by atoms with Crippen molar-refractivity contribution in [1.29, 1.82) is 0 Å². The number of benzene rings is 1. The molecule has 1 amide bonds. The predicted molar refractivity (Wildman–Crippen MR) is 83.6 cm³/mol. The molecule has 0 atom stereocenters. The largest absolute Gasteiger partial charge is 0.399 e. The Morgan fingerprint density at radius 1 is 1.30 bits per heavy atom. The Balaban J connectivity index is 1.65. The number of rotatable bonds is 6. The van der Waals surface area contributed by atoms with Crippen LogP contribution in [0.5, 0.6) is 0 Å². The zero-order chi connectivity index (χ0) is 14.4. The minimum Gasteiger partial charge on any atom is -0.399 e. The summed E-state index contributed by atoms with van der Waals surface area (Å²) in [6, 6.07) is 7.98. The van der Waals surface area contributed by atoms with Gasteiger partial charge < -0.3 is 16.0 Å². The Hall–Kier alpha value is -1.55. The van der Waals surface area contributed by atoms with Crippen LogP contribution in [0.25, 0.3) is 0 Å². The quantitative estimate of drug-likeness (QED) is 0.785. The van der Waals surface area contributed by atoms with Gasteiger partial charge in [-0.05, 0) is 57.1 Å². The fourth-order valence-corrected chi connectivity index (χ4v) is 2.81. The molecule has 0 aliphatic heterocycles. The highest BCUT2D eigenvalue weighted by Gasteiger charge is 2.18. The van der Waals surface area contributed by atoms with Crippen molar-refractivity contribution in [3.63, 3.8) is 0 Å². The van der Waals surface area contributed by atoms with E-state index in [0.29, 0.717) is 12.1 Å². The highest BCUT2D eigenvalue weighted by Crippen LogP contribution is 2.22. The van der Waals surface area contributed by atoms with Gasteiger partial charge in [0.25, 0.3) is 0 Å². The first-order valence-electron chi connectivity index (χ1n) is 7.51. The van der Waals surface area contributed by atoms with Crippen LogP contribution >= 0.6 is 0 Å². The highest BCUT2D eigenvalue weighted by molar-refractivity contribution is 5.90. The number of carbonyl (C=O) groups excluding carboxylic acids is 1. The molecule has 0 unspecified atom stereocenters. The first-order chi connectivity index (χ1) is 9.65. The normalized spacial score (nSPS) is 15.7. The van der Waals surface area contributed by atoms with Crippen molar-refractivity contribution in [2.24, 2.45) is 0 Å². The average molecular weight is 275 g/mol. The van der Waals surface area contributed by atoms with E-state index >= 15 is 0 Å². The Bertz CT molecular complexity index is 424. The molecule has 4 heteroatoms. The maximum Gasteiger partial charge on any atom is 0.224 e. The zero-order valence-electron chi connectivity index (χ0n) is 12.3. The molecule has 1 saturated carbocycles. The van der Waals surface area contributed by atoms with Crippen LogP contribution in [0.1, 0.15) is 38.5 Å². The third kappa shape index (κ3) is 4.53. The molecular weight excluding hydrogens is 250 g/mol. The van der Waals surface area contributed by atoms with E-state index in [1.54, 1.807) is 12.1 Å². The number of nitrogens with zero attached hydrogens (tertiary/aromatic N) is 1. The fourth-order valence-electron chi connectivity index (χ4n) is 2.81. The molecular formula is C16H25N3O. The summed E-state index contributed by atoms with van der Waals surface area (Å²) in [5, 5.41) is 2.90. The number of amides is 1. The highest BCUT2D eigenvalue weighted by atomic mass is 16.1. The van der Waals surface area contributed by atoms with Gasteiger partial charge in [-0.3, -0.25) is 4.79 Å². The van der Waals surface area contributed by atoms with Gasteiger partial charge in [0.05, 0.1) is 0 Å². The molecule has 4 nitrogen and oxygen atoms in total. The van der Waals surface area contributed by atoms with Crippen LogP contribution in [0.3, 0.4) is 0 Å². The lowest BCUT2D eigenvalue weighted by atomic mass is 10.2. The Morgan fingerprint density at radius 2 is 1.95 bits per heavy atom. The van der Waals surface area contributed by atoms with Gasteiger partial charge in [0, 0.05) is 23.8 Å². The van der Waals surface area contributed by atoms with Crippen molar-refractivity contribution in [2.45, 2.75) is 44.6 Å². The molecule has 1 aromatic rings. The van der Waals surface area contributed by atoms with Crippen LogP contribution in [-0.4, -0.2) is 30.4 Å². The Morgan fingerprint density at radius 3 is 2.60 bits per heavy atom. The second kappa shape index (κ2) is 7.29. The molecule has 0 aromatic heterocycles. The molecule has 20 heavy (non-hydrogen) atoms. The van der Waals surface area contributed by atoms with Crippen molar-refractivity contribution in [3.05, 3.63) is 24.3 Å². The number of anilines is 2. The molecule has 0 bridgehead atoms. The van der Waals surface area contributed by atoms with E-state index in [4.69, 9.17) is 5.73 Å². The molecule has 0 radical (unpaired) electrons. The lowest BCUT2D eigenvalue weighted by molar-refractivity contribution is -0.116. The minimum absolute atomic E-state index is 0.0783. The minimum atomic E-state index is 0.0783. The van der Waals surface area contributed by atoms with Gasteiger partial charge in [-0.1, -0.05) is 12.8 Å². The second-order valence-electron chi connectivity index (χ2n) is 5.69. The SMILES string of the molecule is CN(CCCC(=O)Nc1ccc(N)cc1)C1CCCC1. The number of nitrogens with two attached hydrogens (primary N) is 1. The van der Waals surface area contributed by atoms with E-state index < -0.39 is 0 Å². The van der Waals surface area contributed by atoms with Crippen LogP contribution < -0.4 is 11.1 Å². The van der Waals surface area contributed by atoms with Crippen LogP contribution in [0.2, 0.25) is 0 Å². The average Bonchev–Trinajstić information content (AvgIpc) is 2.95. The summed E-state index contributed by atoms with van der Waals surface area (Å²) >= 11 is 0. The lowest BCUT2D eigenvalue weighted by Crippen LogP contribution is -2.30. The zero-order valence-corrected chi connectivity index (χ0v) is 12.3. The smallest absolute Gasteiger partial charge is 0.224 e. The van der Waals surface area contributed by atoms with Crippen LogP contribution in [0.15, 0.2) is 24.3 Å². The first-order valence-corrected chi connectivity index (χ1v) is 7.51. The molecule has 0 saturated heterocycles. The summed E-state index contributed by atoms with van der Waals surface area (Å²) < 4.78 is 0. The molecule has 1 fully saturated rings. The molecule has 0 heterocycles. The maximum atomic E-state index is 11.8. The second-order valence-corrected chi connectivity index (χ2v) is 5.69. The molecule has 1 aliphatic carbocycles. The van der Waals surface area contributed by atoms with Gasteiger partial charge in [-0.25, -0.2) is 0 Å². The number of nitrogens with one attached hydrogen (secondary N) is 1. The molecule has 3 N–H and O–H groups in total. The van der Waals surface area contributed by atoms with Gasteiger partial charge in [-0.15, -0.1) is 0 Å². The van der Waals surface area contributed by atoms with Gasteiger partial charge >= 0.3 is 0 Å². The van der Waals surface area contributed by atoms with Gasteiger partial charge in [0.2, 0.25) is 5.91 Å². The monoisotopic (exact) mass is 275 g/mol. The molecule has 1 aliphatic rings. The van der Waals surface area contributed by atoms with E-state index in [1.165, 1.54) is 25.7 Å². The van der Waals surface area contributed by atoms with E-state index in [0.717, 1.165) is 24.7 Å². The summed E-state index contributed by atoms with van der Waals surface area (Å²) in [4.78, 5) is 14.2. The fraction of sp³-hybridized carbons (Fsp3) is 0.562. The molecule has 110 valence electrons. The molecule has 1 aromatic carbocycles. The van der Waals surface area contributed by atoms with E-state index in [9.17, 15) is 4.79 Å². The number of nitrogen functional groups attached to an aromatic ring is 1. The van der Waals surface area contributed by atoms with Gasteiger partial charge in [0.1, 0.15) is 0 Å². The van der Waals surface area contributed by atoms with Gasteiger partial charge in [-0.2, -0.15) is 0 Å². The topological polar surface area (TPSA) is 58.4 Å². The Labute approximate surface area is 121 Å². The van der Waals surface area contributed by atoms with Crippen molar-refractivity contribution < 1.29 is 4.79 Å². The van der Waals surface area contributed by atoms with Gasteiger partial charge in [0.15, 0.2) is 0 Å². The van der Waals surface area contributed by atoms with E-state index in [1.807, 2.05) is 12.1 Å². The predicted octanol–water partition coefficient (Wildman–Crippen LogP) is 2.86. The van der Waals surface area contributed by atoms with E-state index in [2.05, 4.69) is 17.3 Å². The van der Waals surface area contributed by atoms with Crippen molar-refractivity contribution in [1.82, 2.24) is 4.90 Å². The summed E-state index contributed by atoms with van der Waals surface area (Å²) in [6.45, 7) is 1.000. The first kappa shape index (κ1) is 14.9. The third-order valence-corrected chi connectivity index (χ3v) is 4.06. The van der Waals surface area contributed by atoms with E-state index in [-0.39, 0.29) is 5.91 Å². The summed E-state index contributed by atoms with van der Waals surface area (Å²) in [6.07, 6.45) is 6.82. The Kier molecular flexibility index (Phi) is 5.41. The van der Waals surface area contributed by atoms with Crippen LogP contribution in [0.4, 0.5) is 11.4 Å². The third-order valence-electron chi connectivity index (χ3n) is 4.06. The van der Waals surface area contributed by atoms with Crippen LogP contribution in [-0.2, 0) is 4.79 Å². The number of carbonyl (C=O) groups is 1. The summed E-state index contributed by atoms with van der Waals surface area (Å²) in [7, 11) is 2.17. The van der Waals surface area contributed by atoms with Crippen LogP contribution in [0, 0.1) is 0 Å². The number of hydrogen-bond donors (Lipinski definition) is 2. The summed E-state index contributed by atoms with van der Waals surface area (Å²) in [5.74, 6) is 0.0783. The molecule has 2 rings (SSSR count). The number of hydrogen-bond acceptors (Lipinski definition) is 3.